The summed E-state index contributed by atoms with van der Waals surface area (Å²) in [5.74, 6) is 2.44. The van der Waals surface area contributed by atoms with Gasteiger partial charge in [-0.1, -0.05) is 6.42 Å². The number of rotatable bonds is 3. The lowest BCUT2D eigenvalue weighted by atomic mass is 9.49. The van der Waals surface area contributed by atoms with Gasteiger partial charge in [-0.2, -0.15) is 0 Å². The normalized spacial score (nSPS) is 45.7. The van der Waals surface area contributed by atoms with Gasteiger partial charge in [0.1, 0.15) is 6.10 Å². The molecule has 1 saturated heterocycles. The van der Waals surface area contributed by atoms with E-state index in [1.165, 1.54) is 38.5 Å². The van der Waals surface area contributed by atoms with Gasteiger partial charge in [0, 0.05) is 24.8 Å². The highest BCUT2D eigenvalue weighted by Gasteiger charge is 2.54. The van der Waals surface area contributed by atoms with Crippen LogP contribution in [0.2, 0.25) is 0 Å². The number of amides is 1. The third-order valence-corrected chi connectivity index (χ3v) is 7.54. The molecule has 1 atom stereocenters. The minimum Gasteiger partial charge on any atom is -0.353 e. The van der Waals surface area contributed by atoms with Crippen molar-refractivity contribution < 1.29 is 14.3 Å². The summed E-state index contributed by atoms with van der Waals surface area (Å²) in [6.07, 6.45) is 13.3. The number of carbonyl (C=O) groups is 1. The molecule has 0 radical (unpaired) electrons. The largest absolute Gasteiger partial charge is 0.353 e. The van der Waals surface area contributed by atoms with Crippen molar-refractivity contribution >= 4 is 5.91 Å². The topological polar surface area (TPSA) is 47.6 Å². The SMILES string of the molecule is O=C(NC[C@H]1COC2(CCCCC2)O1)C12CC3CC(CC(C3)C1)C2. The fraction of sp³-hybridized carbons (Fsp3) is 0.950. The van der Waals surface area contributed by atoms with Gasteiger partial charge in [-0.15, -0.1) is 0 Å². The minimum atomic E-state index is -0.325. The second kappa shape index (κ2) is 5.70. The first-order valence-corrected chi connectivity index (χ1v) is 10.2. The summed E-state index contributed by atoms with van der Waals surface area (Å²) in [4.78, 5) is 13.0. The molecular formula is C20H31NO3. The number of ether oxygens (including phenoxy) is 2. The van der Waals surface area contributed by atoms with E-state index in [0.717, 1.165) is 49.9 Å². The predicted octanol–water partition coefficient (Wildman–Crippen LogP) is 3.39. The van der Waals surface area contributed by atoms with Crippen molar-refractivity contribution in [2.24, 2.45) is 23.2 Å². The first-order chi connectivity index (χ1) is 11.6. The number of carbonyl (C=O) groups excluding carboxylic acids is 1. The van der Waals surface area contributed by atoms with Crippen molar-refractivity contribution in [1.82, 2.24) is 5.32 Å². The van der Waals surface area contributed by atoms with Crippen molar-refractivity contribution in [3.05, 3.63) is 0 Å². The smallest absolute Gasteiger partial charge is 0.226 e. The van der Waals surface area contributed by atoms with Crippen LogP contribution in [0, 0.1) is 23.2 Å². The zero-order valence-electron chi connectivity index (χ0n) is 14.7. The Bertz CT molecular complexity index is 476. The highest BCUT2D eigenvalue weighted by atomic mass is 16.7. The van der Waals surface area contributed by atoms with Gasteiger partial charge in [-0.25, -0.2) is 0 Å². The standard InChI is InChI=1S/C20H31NO3/c22-18(19-9-14-6-15(10-19)8-16(7-14)11-19)21-12-17-13-23-20(24-17)4-2-1-3-5-20/h14-17H,1-13H2,(H,21,22)/t14?,15?,16?,17-,19?/m0/s1. The van der Waals surface area contributed by atoms with Crippen molar-refractivity contribution in [2.75, 3.05) is 13.2 Å². The fourth-order valence-corrected chi connectivity index (χ4v) is 6.85. The molecule has 5 aliphatic carbocycles. The Morgan fingerprint density at radius 2 is 1.58 bits per heavy atom. The maximum absolute atomic E-state index is 13.0. The molecule has 1 N–H and O–H groups in total. The van der Waals surface area contributed by atoms with E-state index in [0.29, 0.717) is 19.1 Å². The summed E-state index contributed by atoms with van der Waals surface area (Å²) in [5, 5.41) is 3.26. The molecular weight excluding hydrogens is 302 g/mol. The highest BCUT2D eigenvalue weighted by Crippen LogP contribution is 2.60. The molecule has 6 aliphatic rings. The molecule has 6 fully saturated rings. The molecule has 5 saturated carbocycles. The molecule has 0 aromatic carbocycles. The van der Waals surface area contributed by atoms with Crippen LogP contribution in [0.3, 0.4) is 0 Å². The van der Waals surface area contributed by atoms with Crippen LogP contribution in [0.15, 0.2) is 0 Å². The molecule has 24 heavy (non-hydrogen) atoms. The minimum absolute atomic E-state index is 0.0426. The van der Waals surface area contributed by atoms with Crippen LogP contribution >= 0.6 is 0 Å². The van der Waals surface area contributed by atoms with Gasteiger partial charge in [0.15, 0.2) is 5.79 Å². The predicted molar refractivity (Wildman–Crippen MR) is 90.3 cm³/mol. The third kappa shape index (κ3) is 2.61. The zero-order valence-corrected chi connectivity index (χ0v) is 14.7. The van der Waals surface area contributed by atoms with E-state index < -0.39 is 0 Å². The lowest BCUT2D eigenvalue weighted by Crippen LogP contribution is -2.54. The second-order valence-electron chi connectivity index (χ2n) is 9.43. The molecule has 1 aliphatic heterocycles. The molecule has 4 bridgehead atoms. The van der Waals surface area contributed by atoms with Crippen LogP contribution in [-0.4, -0.2) is 30.9 Å². The number of hydrogen-bond acceptors (Lipinski definition) is 3. The van der Waals surface area contributed by atoms with Crippen molar-refractivity contribution in [3.63, 3.8) is 0 Å². The molecule has 4 nitrogen and oxygen atoms in total. The molecule has 1 heterocycles. The second-order valence-corrected chi connectivity index (χ2v) is 9.43. The van der Waals surface area contributed by atoms with E-state index in [-0.39, 0.29) is 17.3 Å². The first kappa shape index (κ1) is 15.6. The lowest BCUT2D eigenvalue weighted by molar-refractivity contribution is -0.187. The van der Waals surface area contributed by atoms with E-state index >= 15 is 0 Å². The molecule has 134 valence electrons. The van der Waals surface area contributed by atoms with E-state index in [4.69, 9.17) is 9.47 Å². The molecule has 0 aromatic heterocycles. The number of nitrogens with one attached hydrogen (secondary N) is 1. The summed E-state index contributed by atoms with van der Waals surface area (Å²) < 4.78 is 12.2. The van der Waals surface area contributed by atoms with E-state index in [9.17, 15) is 4.79 Å². The van der Waals surface area contributed by atoms with Gasteiger partial charge >= 0.3 is 0 Å². The van der Waals surface area contributed by atoms with Gasteiger partial charge < -0.3 is 14.8 Å². The maximum Gasteiger partial charge on any atom is 0.226 e. The Labute approximate surface area is 145 Å². The molecule has 0 unspecified atom stereocenters. The van der Waals surface area contributed by atoms with Gasteiger partial charge in [0.2, 0.25) is 5.91 Å². The average Bonchev–Trinajstić information content (AvgIpc) is 2.94. The van der Waals surface area contributed by atoms with Crippen LogP contribution in [0.4, 0.5) is 0 Å². The van der Waals surface area contributed by atoms with Crippen LogP contribution in [0.1, 0.15) is 70.6 Å². The van der Waals surface area contributed by atoms with Crippen LogP contribution in [0.25, 0.3) is 0 Å². The van der Waals surface area contributed by atoms with Crippen molar-refractivity contribution in [3.8, 4) is 0 Å². The maximum atomic E-state index is 13.0. The van der Waals surface area contributed by atoms with Gasteiger partial charge in [-0.3, -0.25) is 4.79 Å². The summed E-state index contributed by atoms with van der Waals surface area (Å²) >= 11 is 0. The van der Waals surface area contributed by atoms with Crippen molar-refractivity contribution in [2.45, 2.75) is 82.5 Å². The van der Waals surface area contributed by atoms with Crippen LogP contribution < -0.4 is 5.32 Å². The summed E-state index contributed by atoms with van der Waals surface area (Å²) in [6.45, 7) is 1.27. The number of hydrogen-bond donors (Lipinski definition) is 1. The molecule has 1 amide bonds. The van der Waals surface area contributed by atoms with E-state index in [2.05, 4.69) is 5.32 Å². The van der Waals surface area contributed by atoms with Gasteiger partial charge in [-0.05, 0) is 69.1 Å². The zero-order chi connectivity index (χ0) is 16.2. The monoisotopic (exact) mass is 333 g/mol. The molecule has 4 heteroatoms. The average molecular weight is 333 g/mol. The fourth-order valence-electron chi connectivity index (χ4n) is 6.85. The Morgan fingerprint density at radius 3 is 2.21 bits per heavy atom. The Balaban J connectivity index is 1.18. The van der Waals surface area contributed by atoms with Crippen molar-refractivity contribution in [1.29, 1.82) is 0 Å². The highest BCUT2D eigenvalue weighted by molar-refractivity contribution is 5.83. The molecule has 0 aromatic rings. The summed E-state index contributed by atoms with van der Waals surface area (Å²) in [5.41, 5.74) is -0.0449. The van der Waals surface area contributed by atoms with Crippen LogP contribution in [0.5, 0.6) is 0 Å². The van der Waals surface area contributed by atoms with Crippen LogP contribution in [-0.2, 0) is 14.3 Å². The van der Waals surface area contributed by atoms with E-state index in [1.54, 1.807) is 0 Å². The Kier molecular flexibility index (Phi) is 3.71. The Hall–Kier alpha value is -0.610. The lowest BCUT2D eigenvalue weighted by Gasteiger charge is -2.55. The first-order valence-electron chi connectivity index (χ1n) is 10.2. The van der Waals surface area contributed by atoms with E-state index in [1.807, 2.05) is 0 Å². The quantitative estimate of drug-likeness (QED) is 0.861. The summed E-state index contributed by atoms with van der Waals surface area (Å²) in [6, 6.07) is 0. The summed E-state index contributed by atoms with van der Waals surface area (Å²) in [7, 11) is 0. The van der Waals surface area contributed by atoms with Gasteiger partial charge in [0.25, 0.3) is 0 Å². The molecule has 1 spiro atoms. The third-order valence-electron chi connectivity index (χ3n) is 7.54. The molecule has 6 rings (SSSR count). The van der Waals surface area contributed by atoms with Gasteiger partial charge in [0.05, 0.1) is 6.61 Å². The Morgan fingerprint density at radius 1 is 0.958 bits per heavy atom.